The summed E-state index contributed by atoms with van der Waals surface area (Å²) in [4.78, 5) is 2.41. The molecule has 0 amide bonds. The van der Waals surface area contributed by atoms with Gasteiger partial charge >= 0.3 is 0 Å². The van der Waals surface area contributed by atoms with Crippen LogP contribution in [0.4, 0.5) is 0 Å². The Bertz CT molecular complexity index is 114. The number of nitrogens with zero attached hydrogens (tertiary/aromatic N) is 1. The lowest BCUT2D eigenvalue weighted by molar-refractivity contribution is 0.0692. The minimum Gasteiger partial charge on any atom is -0.301 e. The molecule has 0 spiro atoms. The molecule has 1 atom stereocenters. The smallest absolute Gasteiger partial charge is 0.0862 e. The van der Waals surface area contributed by atoms with E-state index < -0.39 is 0 Å². The largest absolute Gasteiger partial charge is 0.301 e. The van der Waals surface area contributed by atoms with Gasteiger partial charge in [-0.2, -0.15) is 0 Å². The zero-order valence-corrected chi connectivity index (χ0v) is 7.55. The molecule has 1 rings (SSSR count). The van der Waals surface area contributed by atoms with Crippen LogP contribution in [0.25, 0.3) is 0 Å². The van der Waals surface area contributed by atoms with Crippen molar-refractivity contribution in [3.05, 3.63) is 0 Å². The highest BCUT2D eigenvalue weighted by molar-refractivity contribution is 4.74. The highest BCUT2D eigenvalue weighted by atomic mass is 16.3. The van der Waals surface area contributed by atoms with E-state index >= 15 is 0 Å². The fourth-order valence-corrected chi connectivity index (χ4v) is 1.70. The zero-order chi connectivity index (χ0) is 8.27. The number of piperidine rings is 1. The molecule has 1 heterocycles. The van der Waals surface area contributed by atoms with Crippen molar-refractivity contribution in [3.8, 4) is 0 Å². The summed E-state index contributed by atoms with van der Waals surface area (Å²) in [6, 6.07) is 0.615. The summed E-state index contributed by atoms with van der Waals surface area (Å²) >= 11 is 0. The SMILES string of the molecule is CC(C)N1CCCC(C[O])C1. The first-order chi connectivity index (χ1) is 5.24. The van der Waals surface area contributed by atoms with E-state index in [0.717, 1.165) is 13.0 Å². The van der Waals surface area contributed by atoms with Crippen LogP contribution in [0.2, 0.25) is 0 Å². The average Bonchev–Trinajstić information content (AvgIpc) is 2.05. The third-order valence-corrected chi connectivity index (χ3v) is 2.52. The molecule has 1 radical (unpaired) electrons. The summed E-state index contributed by atoms with van der Waals surface area (Å²) in [5.41, 5.74) is 0. The third kappa shape index (κ3) is 2.46. The molecular formula is C9H18NO. The number of likely N-dealkylation sites (tertiary alicyclic amines) is 1. The predicted molar refractivity (Wildman–Crippen MR) is 45.0 cm³/mol. The monoisotopic (exact) mass is 156 g/mol. The maximum Gasteiger partial charge on any atom is 0.0862 e. The van der Waals surface area contributed by atoms with Crippen LogP contribution in [-0.2, 0) is 5.11 Å². The van der Waals surface area contributed by atoms with Crippen LogP contribution in [0.5, 0.6) is 0 Å². The minimum atomic E-state index is 0.114. The first-order valence-electron chi connectivity index (χ1n) is 4.56. The van der Waals surface area contributed by atoms with Crippen molar-refractivity contribution in [2.75, 3.05) is 19.7 Å². The Labute approximate surface area is 69.2 Å². The second-order valence-corrected chi connectivity index (χ2v) is 3.76. The molecule has 0 aromatic rings. The summed E-state index contributed by atoms with van der Waals surface area (Å²) in [7, 11) is 0. The molecule has 0 aromatic carbocycles. The van der Waals surface area contributed by atoms with Crippen molar-refractivity contribution in [1.82, 2.24) is 4.90 Å². The summed E-state index contributed by atoms with van der Waals surface area (Å²) in [5.74, 6) is 0.422. The molecule has 1 unspecified atom stereocenters. The first-order valence-corrected chi connectivity index (χ1v) is 4.56. The van der Waals surface area contributed by atoms with Crippen molar-refractivity contribution in [2.24, 2.45) is 5.92 Å². The molecule has 1 fully saturated rings. The van der Waals surface area contributed by atoms with Crippen LogP contribution in [0, 0.1) is 5.92 Å². The van der Waals surface area contributed by atoms with E-state index in [-0.39, 0.29) is 6.61 Å². The quantitative estimate of drug-likeness (QED) is 0.594. The van der Waals surface area contributed by atoms with E-state index in [1.165, 1.54) is 13.0 Å². The lowest BCUT2D eigenvalue weighted by atomic mass is 9.98. The van der Waals surface area contributed by atoms with Crippen molar-refractivity contribution in [1.29, 1.82) is 0 Å². The van der Waals surface area contributed by atoms with Gasteiger partial charge in [0, 0.05) is 12.6 Å². The van der Waals surface area contributed by atoms with Crippen LogP contribution in [0.1, 0.15) is 26.7 Å². The van der Waals surface area contributed by atoms with E-state index in [9.17, 15) is 5.11 Å². The molecule has 2 heteroatoms. The molecule has 0 N–H and O–H groups in total. The minimum absolute atomic E-state index is 0.114. The Morgan fingerprint density at radius 1 is 1.55 bits per heavy atom. The second-order valence-electron chi connectivity index (χ2n) is 3.76. The van der Waals surface area contributed by atoms with E-state index in [4.69, 9.17) is 0 Å². The summed E-state index contributed by atoms with van der Waals surface area (Å²) in [5, 5.41) is 10.6. The summed E-state index contributed by atoms with van der Waals surface area (Å²) < 4.78 is 0. The van der Waals surface area contributed by atoms with Crippen molar-refractivity contribution >= 4 is 0 Å². The molecule has 0 saturated carbocycles. The van der Waals surface area contributed by atoms with Gasteiger partial charge in [0.1, 0.15) is 0 Å². The third-order valence-electron chi connectivity index (χ3n) is 2.52. The van der Waals surface area contributed by atoms with Gasteiger partial charge in [-0.1, -0.05) is 0 Å². The van der Waals surface area contributed by atoms with Gasteiger partial charge < -0.3 is 4.90 Å². The average molecular weight is 156 g/mol. The molecule has 0 aromatic heterocycles. The molecule has 1 saturated heterocycles. The summed E-state index contributed by atoms with van der Waals surface area (Å²) in [6.07, 6.45) is 2.36. The van der Waals surface area contributed by atoms with Gasteiger partial charge in [0.25, 0.3) is 0 Å². The summed E-state index contributed by atoms with van der Waals surface area (Å²) in [6.45, 7) is 6.74. The van der Waals surface area contributed by atoms with E-state index in [1.807, 2.05) is 0 Å². The highest BCUT2D eigenvalue weighted by Gasteiger charge is 2.20. The number of rotatable bonds is 2. The van der Waals surface area contributed by atoms with Crippen LogP contribution < -0.4 is 0 Å². The van der Waals surface area contributed by atoms with Crippen LogP contribution in [0.15, 0.2) is 0 Å². The van der Waals surface area contributed by atoms with Crippen molar-refractivity contribution < 1.29 is 5.11 Å². The maximum absolute atomic E-state index is 10.6. The Kier molecular flexibility index (Phi) is 3.34. The number of hydrogen-bond acceptors (Lipinski definition) is 1. The topological polar surface area (TPSA) is 23.1 Å². The van der Waals surface area contributed by atoms with Gasteiger partial charge in [0.05, 0.1) is 6.61 Å². The van der Waals surface area contributed by atoms with Crippen LogP contribution in [-0.4, -0.2) is 30.6 Å². The van der Waals surface area contributed by atoms with Crippen LogP contribution in [0.3, 0.4) is 0 Å². The van der Waals surface area contributed by atoms with E-state index in [2.05, 4.69) is 18.7 Å². The Balaban J connectivity index is 2.33. The Morgan fingerprint density at radius 2 is 2.27 bits per heavy atom. The molecule has 1 aliphatic rings. The van der Waals surface area contributed by atoms with Gasteiger partial charge in [-0.3, -0.25) is 0 Å². The lowest BCUT2D eigenvalue weighted by Crippen LogP contribution is -2.40. The van der Waals surface area contributed by atoms with Crippen molar-refractivity contribution in [3.63, 3.8) is 0 Å². The first kappa shape index (κ1) is 9.01. The molecular weight excluding hydrogens is 138 g/mol. The maximum atomic E-state index is 10.6. The van der Waals surface area contributed by atoms with Gasteiger partial charge in [-0.15, -0.1) is 0 Å². The van der Waals surface area contributed by atoms with Gasteiger partial charge in [0.15, 0.2) is 0 Å². The zero-order valence-electron chi connectivity index (χ0n) is 7.55. The van der Waals surface area contributed by atoms with Gasteiger partial charge in [-0.05, 0) is 39.2 Å². The molecule has 11 heavy (non-hydrogen) atoms. The number of hydrogen-bond donors (Lipinski definition) is 0. The fraction of sp³-hybridized carbons (Fsp3) is 1.00. The van der Waals surface area contributed by atoms with E-state index in [1.54, 1.807) is 0 Å². The lowest BCUT2D eigenvalue weighted by Gasteiger charge is -2.34. The van der Waals surface area contributed by atoms with Gasteiger partial charge in [-0.25, -0.2) is 5.11 Å². The molecule has 0 aliphatic carbocycles. The normalized spacial score (nSPS) is 27.8. The van der Waals surface area contributed by atoms with Crippen molar-refractivity contribution in [2.45, 2.75) is 32.7 Å². The van der Waals surface area contributed by atoms with Gasteiger partial charge in [0.2, 0.25) is 0 Å². The highest BCUT2D eigenvalue weighted by Crippen LogP contribution is 2.17. The molecule has 2 nitrogen and oxygen atoms in total. The second kappa shape index (κ2) is 4.07. The molecule has 65 valence electrons. The predicted octanol–water partition coefficient (Wildman–Crippen LogP) is 1.54. The van der Waals surface area contributed by atoms with Crippen LogP contribution >= 0.6 is 0 Å². The Morgan fingerprint density at radius 3 is 2.82 bits per heavy atom. The fourth-order valence-electron chi connectivity index (χ4n) is 1.70. The molecule has 1 aliphatic heterocycles. The standard InChI is InChI=1S/C9H18NO/c1-8(2)10-5-3-4-9(6-10)7-11/h8-9H,3-7H2,1-2H3. The molecule has 0 bridgehead atoms. The van der Waals surface area contributed by atoms with E-state index in [0.29, 0.717) is 12.0 Å². The Hall–Kier alpha value is -0.0800.